The second kappa shape index (κ2) is 17.3. The third kappa shape index (κ3) is 11.1. The summed E-state index contributed by atoms with van der Waals surface area (Å²) in [4.78, 5) is 43.0. The molecule has 2 fully saturated rings. The summed E-state index contributed by atoms with van der Waals surface area (Å²) in [6, 6.07) is 3.97. The molecule has 3 rings (SSSR count). The van der Waals surface area contributed by atoms with E-state index >= 15 is 9.59 Å². The lowest BCUT2D eigenvalue weighted by molar-refractivity contribution is -0.294. The van der Waals surface area contributed by atoms with E-state index in [2.05, 4.69) is 128 Å². The maximum Gasteiger partial charge on any atom is 0.324 e. The van der Waals surface area contributed by atoms with Gasteiger partial charge >= 0.3 is 11.9 Å². The Morgan fingerprint density at radius 2 is 1.00 bits per heavy atom. The number of ether oxygens (including phenoxy) is 2. The van der Waals surface area contributed by atoms with Crippen molar-refractivity contribution < 1.29 is 33.8 Å². The molecule has 55 heavy (non-hydrogen) atoms. The van der Waals surface area contributed by atoms with Gasteiger partial charge in [-0.05, 0) is 109 Å². The van der Waals surface area contributed by atoms with Crippen molar-refractivity contribution in [3.8, 4) is 5.75 Å². The Morgan fingerprint density at radius 1 is 0.655 bits per heavy atom. The van der Waals surface area contributed by atoms with Crippen molar-refractivity contribution in [3.63, 3.8) is 0 Å². The summed E-state index contributed by atoms with van der Waals surface area (Å²) >= 11 is 0. The van der Waals surface area contributed by atoms with Gasteiger partial charge in [-0.15, -0.1) is 0 Å². The van der Waals surface area contributed by atoms with Crippen LogP contribution in [0.1, 0.15) is 192 Å². The van der Waals surface area contributed by atoms with Crippen molar-refractivity contribution in [1.29, 1.82) is 0 Å². The Labute approximate surface area is 335 Å². The quantitative estimate of drug-likeness (QED) is 0.138. The number of aromatic hydroxyl groups is 1. The van der Waals surface area contributed by atoms with Crippen LogP contribution in [-0.2, 0) is 46.0 Å². The molecule has 0 bridgehead atoms. The molecule has 0 radical (unpaired) electrons. The fourth-order valence-electron chi connectivity index (χ4n) is 9.39. The Morgan fingerprint density at radius 3 is 1.29 bits per heavy atom. The van der Waals surface area contributed by atoms with E-state index < -0.39 is 51.7 Å². The standard InChI is InChI=1S/C46H80N2O7/c1-18-21-22-46(27-32-25-35(40(4,5)6)37(49)36(26-32)41(7,8)9,38(50)54-33-28-42(10,11)47(52-23-19-2)43(12,13)29-33)39(51)55-34-30-44(14,15)48(53-24-20-3)45(16,17)31-34/h25-26,33-34,49H,18-24,27-31H2,1-17H3. The Kier molecular flexibility index (Phi) is 14.9. The third-order valence-corrected chi connectivity index (χ3v) is 11.5. The van der Waals surface area contributed by atoms with Crippen LogP contribution in [0.3, 0.4) is 0 Å². The number of hydrogen-bond acceptors (Lipinski definition) is 9. The van der Waals surface area contributed by atoms with Crippen LogP contribution in [0.25, 0.3) is 0 Å². The van der Waals surface area contributed by atoms with Crippen LogP contribution in [0.2, 0.25) is 0 Å². The van der Waals surface area contributed by atoms with Crippen LogP contribution < -0.4 is 0 Å². The number of phenols is 1. The molecule has 316 valence electrons. The van der Waals surface area contributed by atoms with E-state index in [-0.39, 0.29) is 29.4 Å². The van der Waals surface area contributed by atoms with Gasteiger partial charge in [-0.25, -0.2) is 0 Å². The predicted molar refractivity (Wildman–Crippen MR) is 222 cm³/mol. The number of carbonyl (C=O) groups excluding carboxylic acids is 2. The van der Waals surface area contributed by atoms with E-state index in [1.165, 1.54) is 0 Å². The van der Waals surface area contributed by atoms with Gasteiger partial charge in [-0.3, -0.25) is 19.3 Å². The fourth-order valence-corrected chi connectivity index (χ4v) is 9.39. The highest BCUT2D eigenvalue weighted by atomic mass is 16.7. The van der Waals surface area contributed by atoms with Crippen LogP contribution >= 0.6 is 0 Å². The molecule has 2 heterocycles. The first-order valence-corrected chi connectivity index (χ1v) is 21.2. The van der Waals surface area contributed by atoms with Crippen LogP contribution in [0.4, 0.5) is 0 Å². The molecular weight excluding hydrogens is 693 g/mol. The van der Waals surface area contributed by atoms with Crippen molar-refractivity contribution in [2.24, 2.45) is 5.41 Å². The highest BCUT2D eigenvalue weighted by Gasteiger charge is 2.55. The minimum atomic E-state index is -1.61. The Bertz CT molecular complexity index is 1330. The number of phenolic OH excluding ortho intramolecular Hbond substituents is 1. The van der Waals surface area contributed by atoms with Gasteiger partial charge in [0.15, 0.2) is 5.41 Å². The van der Waals surface area contributed by atoms with Gasteiger partial charge in [0.25, 0.3) is 0 Å². The maximum absolute atomic E-state index is 15.2. The molecular formula is C46H80N2O7. The van der Waals surface area contributed by atoms with E-state index in [0.717, 1.165) is 36.0 Å². The number of hydroxylamine groups is 4. The first kappa shape index (κ1) is 47.2. The van der Waals surface area contributed by atoms with Crippen LogP contribution in [0.15, 0.2) is 12.1 Å². The lowest BCUT2D eigenvalue weighted by Gasteiger charge is -2.54. The first-order valence-electron chi connectivity index (χ1n) is 21.2. The predicted octanol–water partition coefficient (Wildman–Crippen LogP) is 10.5. The Balaban J connectivity index is 2.18. The molecule has 9 heteroatoms. The second-order valence-electron chi connectivity index (χ2n) is 21.3. The van der Waals surface area contributed by atoms with Gasteiger partial charge in [0, 0.05) is 47.8 Å². The molecule has 9 nitrogen and oxygen atoms in total. The molecule has 0 saturated carbocycles. The largest absolute Gasteiger partial charge is 0.507 e. The average Bonchev–Trinajstić information content (AvgIpc) is 3.00. The minimum Gasteiger partial charge on any atom is -0.507 e. The number of hydrogen-bond donors (Lipinski definition) is 1. The number of esters is 2. The molecule has 2 saturated heterocycles. The summed E-state index contributed by atoms with van der Waals surface area (Å²) < 4.78 is 13.2. The zero-order valence-electron chi connectivity index (χ0n) is 38.1. The number of nitrogens with zero attached hydrogens (tertiary/aromatic N) is 2. The summed E-state index contributed by atoms with van der Waals surface area (Å²) in [5, 5.41) is 15.8. The second-order valence-corrected chi connectivity index (χ2v) is 21.3. The topological polar surface area (TPSA) is 97.8 Å². The van der Waals surface area contributed by atoms with Crippen LogP contribution in [0, 0.1) is 5.41 Å². The van der Waals surface area contributed by atoms with Crippen molar-refractivity contribution in [2.45, 2.75) is 227 Å². The van der Waals surface area contributed by atoms with Crippen LogP contribution in [0.5, 0.6) is 5.75 Å². The minimum absolute atomic E-state index is 0.105. The van der Waals surface area contributed by atoms with E-state index in [0.29, 0.717) is 45.3 Å². The number of benzene rings is 1. The molecule has 1 N–H and O–H groups in total. The third-order valence-electron chi connectivity index (χ3n) is 11.5. The zero-order chi connectivity index (χ0) is 42.0. The SMILES string of the molecule is CCCCC(Cc1cc(C(C)(C)C)c(O)c(C(C)(C)C)c1)(C(=O)OC1CC(C)(C)N(OCCC)C(C)(C)C1)C(=O)OC1CC(C)(C)N(OCCC)C(C)(C)C1. The van der Waals surface area contributed by atoms with Crippen molar-refractivity contribution in [3.05, 3.63) is 28.8 Å². The van der Waals surface area contributed by atoms with Gasteiger partial charge in [-0.2, -0.15) is 10.1 Å². The average molecular weight is 773 g/mol. The van der Waals surface area contributed by atoms with E-state index in [1.54, 1.807) is 0 Å². The van der Waals surface area contributed by atoms with E-state index in [1.807, 2.05) is 12.1 Å². The normalized spacial score (nSPS) is 21.0. The molecule has 1 aromatic rings. The summed E-state index contributed by atoms with van der Waals surface area (Å²) in [5.74, 6) is -0.804. The highest BCUT2D eigenvalue weighted by Crippen LogP contribution is 2.46. The fraction of sp³-hybridized carbons (Fsp3) is 0.826. The molecule has 0 amide bonds. The highest BCUT2D eigenvalue weighted by molar-refractivity contribution is 6.00. The van der Waals surface area contributed by atoms with Gasteiger partial charge < -0.3 is 14.6 Å². The Hall–Kier alpha value is -2.20. The lowest BCUT2D eigenvalue weighted by Crippen LogP contribution is -2.63. The summed E-state index contributed by atoms with van der Waals surface area (Å²) in [7, 11) is 0. The number of unbranched alkanes of at least 4 members (excludes halogenated alkanes) is 1. The molecule has 0 unspecified atom stereocenters. The van der Waals surface area contributed by atoms with Crippen LogP contribution in [-0.4, -0.2) is 74.7 Å². The van der Waals surface area contributed by atoms with Crippen molar-refractivity contribution in [1.82, 2.24) is 10.1 Å². The van der Waals surface area contributed by atoms with E-state index in [4.69, 9.17) is 19.1 Å². The molecule has 0 spiro atoms. The smallest absolute Gasteiger partial charge is 0.324 e. The summed E-state index contributed by atoms with van der Waals surface area (Å²) in [6.07, 6.45) is 4.99. The van der Waals surface area contributed by atoms with Crippen molar-refractivity contribution >= 4 is 11.9 Å². The van der Waals surface area contributed by atoms with Gasteiger partial charge in [-0.1, -0.05) is 87.3 Å². The molecule has 1 aromatic carbocycles. The summed E-state index contributed by atoms with van der Waals surface area (Å²) in [6.45, 7) is 36.9. The van der Waals surface area contributed by atoms with Crippen molar-refractivity contribution in [2.75, 3.05) is 13.2 Å². The lowest BCUT2D eigenvalue weighted by atomic mass is 9.73. The molecule has 0 atom stereocenters. The van der Waals surface area contributed by atoms with Gasteiger partial charge in [0.1, 0.15) is 18.0 Å². The zero-order valence-corrected chi connectivity index (χ0v) is 38.1. The maximum atomic E-state index is 15.2. The molecule has 2 aliphatic rings. The number of carbonyl (C=O) groups is 2. The molecule has 0 aliphatic carbocycles. The number of rotatable bonds is 15. The number of piperidine rings is 2. The van der Waals surface area contributed by atoms with Gasteiger partial charge in [0.05, 0.1) is 13.2 Å². The first-order chi connectivity index (χ1) is 25.1. The monoisotopic (exact) mass is 773 g/mol. The summed E-state index contributed by atoms with van der Waals surface area (Å²) in [5.41, 5.74) is -1.67. The van der Waals surface area contributed by atoms with E-state index in [9.17, 15) is 5.11 Å². The molecule has 2 aliphatic heterocycles. The van der Waals surface area contributed by atoms with Gasteiger partial charge in [0.2, 0.25) is 0 Å². The molecule has 0 aromatic heterocycles.